The van der Waals surface area contributed by atoms with Crippen molar-refractivity contribution in [3.63, 3.8) is 0 Å². The number of hydrogen-bond donors (Lipinski definition) is 3. The van der Waals surface area contributed by atoms with Crippen molar-refractivity contribution in [1.29, 1.82) is 0 Å². The Morgan fingerprint density at radius 1 is 1.31 bits per heavy atom. The van der Waals surface area contributed by atoms with Crippen molar-refractivity contribution in [3.05, 3.63) is 42.1 Å². The number of fused-ring (bicyclic) bond motifs is 2. The molecule has 1 aliphatic heterocycles. The Labute approximate surface area is 151 Å². The molecule has 1 saturated heterocycles. The molecule has 1 atom stereocenters. The molecule has 1 aromatic carbocycles. The summed E-state index contributed by atoms with van der Waals surface area (Å²) in [4.78, 5) is 4.57. The van der Waals surface area contributed by atoms with Gasteiger partial charge in [-0.25, -0.2) is 0 Å². The van der Waals surface area contributed by atoms with Crippen LogP contribution in [0.15, 0.2) is 36.4 Å². The number of aromatic nitrogens is 5. The van der Waals surface area contributed by atoms with Crippen LogP contribution in [-0.2, 0) is 4.74 Å². The highest BCUT2D eigenvalue weighted by Gasteiger charge is 2.17. The Balaban J connectivity index is 0.00000180. The molecule has 5 rings (SSSR count). The summed E-state index contributed by atoms with van der Waals surface area (Å²) in [6.45, 7) is 3.53. The summed E-state index contributed by atoms with van der Waals surface area (Å²) in [5.41, 5.74) is 3.66. The molecule has 1 unspecified atom stereocenters. The average Bonchev–Trinajstić information content (AvgIpc) is 3.36. The third-order valence-electron chi connectivity index (χ3n) is 4.64. The molecule has 0 saturated carbocycles. The monoisotopic (exact) mass is 351 g/mol. The fraction of sp³-hybridized carbons (Fsp3) is 0.278. The van der Waals surface area contributed by atoms with E-state index in [1.165, 1.54) is 0 Å². The number of nitrogens with zero attached hydrogens (tertiary/aromatic N) is 4. The molecule has 0 spiro atoms. The van der Waals surface area contributed by atoms with Gasteiger partial charge >= 0.3 is 0 Å². The van der Waals surface area contributed by atoms with Crippen LogP contribution in [-0.4, -0.2) is 44.1 Å². The van der Waals surface area contributed by atoms with Gasteiger partial charge in [-0.2, -0.15) is 14.6 Å². The fourth-order valence-electron chi connectivity index (χ4n) is 3.28. The predicted octanol–water partition coefficient (Wildman–Crippen LogP) is 3.10. The minimum atomic E-state index is 0. The first-order valence-electron chi connectivity index (χ1n) is 8.68. The quantitative estimate of drug-likeness (QED) is 0.523. The molecule has 0 aliphatic carbocycles. The van der Waals surface area contributed by atoms with Gasteiger partial charge in [0.25, 0.3) is 0 Å². The molecule has 0 amide bonds. The zero-order valence-electron chi connectivity index (χ0n) is 14.4. The number of rotatable bonds is 4. The van der Waals surface area contributed by atoms with Crippen LogP contribution in [0.3, 0.4) is 0 Å². The fourth-order valence-corrected chi connectivity index (χ4v) is 3.28. The molecular weight excluding hydrogens is 330 g/mol. The summed E-state index contributed by atoms with van der Waals surface area (Å²) in [5.74, 6) is 1.46. The van der Waals surface area contributed by atoms with E-state index in [9.17, 15) is 0 Å². The van der Waals surface area contributed by atoms with Gasteiger partial charge in [-0.3, -0.25) is 5.10 Å². The van der Waals surface area contributed by atoms with Crippen LogP contribution < -0.4 is 10.6 Å². The van der Waals surface area contributed by atoms with Crippen LogP contribution in [0.2, 0.25) is 0 Å². The molecule has 8 heteroatoms. The molecular formula is C18H21N7O. The van der Waals surface area contributed by atoms with E-state index in [1.807, 2.05) is 47.8 Å². The lowest BCUT2D eigenvalue weighted by Crippen LogP contribution is -2.20. The zero-order chi connectivity index (χ0) is 17.5. The van der Waals surface area contributed by atoms with Crippen LogP contribution in [0, 0.1) is 6.92 Å². The van der Waals surface area contributed by atoms with Crippen LogP contribution in [0.5, 0.6) is 0 Å². The Hall–Kier alpha value is -3.13. The molecule has 1 fully saturated rings. The lowest BCUT2D eigenvalue weighted by molar-refractivity contribution is 0.195. The predicted molar refractivity (Wildman–Crippen MR) is 102 cm³/mol. The Morgan fingerprint density at radius 3 is 3.15 bits per heavy atom. The van der Waals surface area contributed by atoms with Gasteiger partial charge in [0, 0.05) is 24.8 Å². The van der Waals surface area contributed by atoms with E-state index in [0.717, 1.165) is 53.4 Å². The summed E-state index contributed by atoms with van der Waals surface area (Å²) in [6, 6.07) is 12.3. The standard InChI is InChI=1S/C18H19N7O.H2/c1-11-14-6-5-12(9-15(14)23-22-11)20-18-21-17-4-2-3-16(25(17)24-18)19-13-7-8-26-10-13;/h2-6,9,13,19H,7-8,10H2,1H3,(H,20,24)(H,22,23);1H. The maximum absolute atomic E-state index is 5.43. The van der Waals surface area contributed by atoms with Crippen LogP contribution in [0.4, 0.5) is 17.5 Å². The van der Waals surface area contributed by atoms with Crippen molar-refractivity contribution in [2.24, 2.45) is 0 Å². The zero-order valence-corrected chi connectivity index (χ0v) is 14.4. The summed E-state index contributed by atoms with van der Waals surface area (Å²) >= 11 is 0. The van der Waals surface area contributed by atoms with E-state index in [2.05, 4.69) is 30.9 Å². The summed E-state index contributed by atoms with van der Waals surface area (Å²) in [7, 11) is 0. The van der Waals surface area contributed by atoms with Crippen LogP contribution in [0.1, 0.15) is 13.5 Å². The highest BCUT2D eigenvalue weighted by molar-refractivity contribution is 5.85. The third kappa shape index (κ3) is 2.64. The molecule has 4 aromatic rings. The minimum Gasteiger partial charge on any atom is -0.379 e. The molecule has 3 aromatic heterocycles. The molecule has 0 radical (unpaired) electrons. The van der Waals surface area contributed by atoms with E-state index < -0.39 is 0 Å². The number of aromatic amines is 1. The molecule has 0 bridgehead atoms. The highest BCUT2D eigenvalue weighted by Crippen LogP contribution is 2.23. The topological polar surface area (TPSA) is 92.2 Å². The smallest absolute Gasteiger partial charge is 0.247 e. The van der Waals surface area contributed by atoms with Gasteiger partial charge in [-0.05, 0) is 43.7 Å². The second kappa shape index (κ2) is 5.99. The van der Waals surface area contributed by atoms with Gasteiger partial charge in [-0.1, -0.05) is 6.07 Å². The van der Waals surface area contributed by atoms with Gasteiger partial charge in [0.15, 0.2) is 5.65 Å². The van der Waals surface area contributed by atoms with Gasteiger partial charge in [0.05, 0.1) is 18.2 Å². The number of ether oxygens (including phenoxy) is 1. The number of nitrogens with one attached hydrogen (secondary N) is 3. The Kier molecular flexibility index (Phi) is 3.49. The lowest BCUT2D eigenvalue weighted by Gasteiger charge is -2.12. The molecule has 4 heterocycles. The van der Waals surface area contributed by atoms with Crippen molar-refractivity contribution in [1.82, 2.24) is 24.8 Å². The van der Waals surface area contributed by atoms with E-state index in [1.54, 1.807) is 0 Å². The second-order valence-corrected chi connectivity index (χ2v) is 6.53. The van der Waals surface area contributed by atoms with Crippen molar-refractivity contribution in [2.75, 3.05) is 23.8 Å². The lowest BCUT2D eigenvalue weighted by atomic mass is 10.2. The highest BCUT2D eigenvalue weighted by atomic mass is 16.5. The first-order chi connectivity index (χ1) is 12.8. The van der Waals surface area contributed by atoms with E-state index in [4.69, 9.17) is 4.74 Å². The third-order valence-corrected chi connectivity index (χ3v) is 4.64. The SMILES string of the molecule is Cc1[nH]nc2cc(Nc3nc4cccc(NC5CCOC5)n4n3)ccc12.[HH]. The first-order valence-corrected chi connectivity index (χ1v) is 8.68. The Morgan fingerprint density at radius 2 is 2.27 bits per heavy atom. The van der Waals surface area contributed by atoms with Gasteiger partial charge < -0.3 is 15.4 Å². The van der Waals surface area contributed by atoms with Gasteiger partial charge in [-0.15, -0.1) is 5.10 Å². The molecule has 1 aliphatic rings. The number of anilines is 3. The summed E-state index contributed by atoms with van der Waals surface area (Å²) in [5, 5.41) is 19.8. The van der Waals surface area contributed by atoms with Crippen molar-refractivity contribution < 1.29 is 6.16 Å². The van der Waals surface area contributed by atoms with Crippen molar-refractivity contribution in [3.8, 4) is 0 Å². The van der Waals surface area contributed by atoms with E-state index in [0.29, 0.717) is 12.0 Å². The maximum Gasteiger partial charge on any atom is 0.247 e. The van der Waals surface area contributed by atoms with Crippen LogP contribution in [0.25, 0.3) is 16.6 Å². The molecule has 26 heavy (non-hydrogen) atoms. The normalized spacial score (nSPS) is 17.2. The molecule has 134 valence electrons. The van der Waals surface area contributed by atoms with Crippen LogP contribution >= 0.6 is 0 Å². The average molecular weight is 351 g/mol. The molecule has 3 N–H and O–H groups in total. The minimum absolute atomic E-state index is 0. The van der Waals surface area contributed by atoms with Crippen molar-refractivity contribution >= 4 is 34.0 Å². The molecule has 8 nitrogen and oxygen atoms in total. The summed E-state index contributed by atoms with van der Waals surface area (Å²) in [6.07, 6.45) is 0.999. The number of hydrogen-bond acceptors (Lipinski definition) is 6. The largest absolute Gasteiger partial charge is 0.379 e. The van der Waals surface area contributed by atoms with Crippen molar-refractivity contribution in [2.45, 2.75) is 19.4 Å². The second-order valence-electron chi connectivity index (χ2n) is 6.53. The number of H-pyrrole nitrogens is 1. The Bertz CT molecular complexity index is 1080. The van der Waals surface area contributed by atoms with E-state index >= 15 is 0 Å². The maximum atomic E-state index is 5.43. The van der Waals surface area contributed by atoms with Gasteiger partial charge in [0.2, 0.25) is 5.95 Å². The number of pyridine rings is 1. The van der Waals surface area contributed by atoms with Gasteiger partial charge in [0.1, 0.15) is 5.82 Å². The summed E-state index contributed by atoms with van der Waals surface area (Å²) < 4.78 is 7.25. The number of aryl methyl sites for hydroxylation is 1. The first kappa shape index (κ1) is 15.2. The van der Waals surface area contributed by atoms with E-state index in [-0.39, 0.29) is 1.43 Å². The number of benzene rings is 1.